The average Bonchev–Trinajstić information content (AvgIpc) is 2.93. The van der Waals surface area contributed by atoms with Gasteiger partial charge in [0.1, 0.15) is 5.75 Å². The first-order valence-corrected chi connectivity index (χ1v) is 6.77. The number of ether oxygens (including phenoxy) is 1. The lowest BCUT2D eigenvalue weighted by atomic mass is 10.2. The Morgan fingerprint density at radius 2 is 1.81 bits per heavy atom. The van der Waals surface area contributed by atoms with Gasteiger partial charge in [-0.05, 0) is 30.5 Å². The fourth-order valence-corrected chi connectivity index (χ4v) is 2.20. The number of carbonyl (C=O) groups is 1. The molecule has 0 spiro atoms. The van der Waals surface area contributed by atoms with Crippen molar-refractivity contribution in [3.8, 4) is 5.75 Å². The van der Waals surface area contributed by atoms with Gasteiger partial charge < -0.3 is 15.0 Å². The number of halogens is 3. The highest BCUT2D eigenvalue weighted by Gasteiger charge is 2.30. The van der Waals surface area contributed by atoms with E-state index in [1.165, 1.54) is 24.3 Å². The summed E-state index contributed by atoms with van der Waals surface area (Å²) in [6, 6.07) is 5.59. The fourth-order valence-electron chi connectivity index (χ4n) is 2.20. The van der Waals surface area contributed by atoms with Gasteiger partial charge in [0.15, 0.2) is 0 Å². The van der Waals surface area contributed by atoms with Crippen LogP contribution in [0.1, 0.15) is 18.4 Å². The Morgan fingerprint density at radius 1 is 1.19 bits per heavy atom. The van der Waals surface area contributed by atoms with E-state index in [4.69, 9.17) is 0 Å². The summed E-state index contributed by atoms with van der Waals surface area (Å²) in [6.45, 7) is 2.28. The fraction of sp³-hybridized carbons (Fsp3) is 0.500. The van der Waals surface area contributed by atoms with Gasteiger partial charge in [0.05, 0.1) is 6.54 Å². The zero-order valence-corrected chi connectivity index (χ0v) is 11.4. The van der Waals surface area contributed by atoms with Gasteiger partial charge in [-0.1, -0.05) is 12.1 Å². The van der Waals surface area contributed by atoms with Crippen molar-refractivity contribution in [1.82, 2.24) is 10.2 Å². The van der Waals surface area contributed by atoms with Crippen LogP contribution >= 0.6 is 0 Å². The molecule has 1 aromatic rings. The number of rotatable bonds is 5. The number of alkyl halides is 3. The maximum Gasteiger partial charge on any atom is 0.573 e. The molecule has 21 heavy (non-hydrogen) atoms. The molecule has 1 aliphatic rings. The lowest BCUT2D eigenvalue weighted by Gasteiger charge is -2.15. The first-order valence-electron chi connectivity index (χ1n) is 6.77. The lowest BCUT2D eigenvalue weighted by molar-refractivity contribution is -0.274. The van der Waals surface area contributed by atoms with Crippen LogP contribution in [0.3, 0.4) is 0 Å². The van der Waals surface area contributed by atoms with Crippen molar-refractivity contribution in [1.29, 1.82) is 0 Å². The van der Waals surface area contributed by atoms with Gasteiger partial charge in [-0.2, -0.15) is 0 Å². The second kappa shape index (κ2) is 6.80. The molecule has 1 heterocycles. The van der Waals surface area contributed by atoms with Gasteiger partial charge in [0.2, 0.25) is 5.91 Å². The van der Waals surface area contributed by atoms with E-state index in [9.17, 15) is 18.0 Å². The van der Waals surface area contributed by atoms with Crippen LogP contribution in [0.2, 0.25) is 0 Å². The van der Waals surface area contributed by atoms with E-state index in [0.717, 1.165) is 31.5 Å². The Balaban J connectivity index is 1.74. The normalized spacial score (nSPS) is 15.3. The van der Waals surface area contributed by atoms with Crippen molar-refractivity contribution in [2.75, 3.05) is 19.6 Å². The number of likely N-dealkylation sites (tertiary alicyclic amines) is 1. The van der Waals surface area contributed by atoms with Gasteiger partial charge in [0.25, 0.3) is 0 Å². The Kier molecular flexibility index (Phi) is 5.06. The second-order valence-electron chi connectivity index (χ2n) is 4.88. The number of hydrogen-bond donors (Lipinski definition) is 1. The number of amides is 1. The van der Waals surface area contributed by atoms with Crippen LogP contribution in [-0.2, 0) is 11.3 Å². The molecule has 1 fully saturated rings. The van der Waals surface area contributed by atoms with Crippen molar-refractivity contribution in [2.45, 2.75) is 25.7 Å². The molecule has 0 atom stereocenters. The molecule has 0 saturated carbocycles. The first-order chi connectivity index (χ1) is 9.94. The molecular formula is C14H17F3N2O2. The highest BCUT2D eigenvalue weighted by molar-refractivity contribution is 5.78. The van der Waals surface area contributed by atoms with E-state index in [-0.39, 0.29) is 18.2 Å². The van der Waals surface area contributed by atoms with Crippen LogP contribution in [0.25, 0.3) is 0 Å². The van der Waals surface area contributed by atoms with Crippen molar-refractivity contribution < 1.29 is 22.7 Å². The summed E-state index contributed by atoms with van der Waals surface area (Å²) < 4.78 is 39.8. The second-order valence-corrected chi connectivity index (χ2v) is 4.88. The maximum absolute atomic E-state index is 12.0. The van der Waals surface area contributed by atoms with Crippen LogP contribution in [0.15, 0.2) is 24.3 Å². The van der Waals surface area contributed by atoms with Crippen molar-refractivity contribution in [2.24, 2.45) is 0 Å². The minimum Gasteiger partial charge on any atom is -0.406 e. The molecule has 0 bridgehead atoms. The van der Waals surface area contributed by atoms with Crippen molar-refractivity contribution in [3.05, 3.63) is 29.8 Å². The molecule has 1 saturated heterocycles. The number of benzene rings is 1. The molecule has 0 aliphatic carbocycles. The Labute approximate surface area is 120 Å². The number of carbonyl (C=O) groups excluding carboxylic acids is 1. The summed E-state index contributed by atoms with van der Waals surface area (Å²) in [5, 5.41) is 2.99. The average molecular weight is 302 g/mol. The minimum atomic E-state index is -4.68. The molecule has 1 amide bonds. The summed E-state index contributed by atoms with van der Waals surface area (Å²) in [5.41, 5.74) is 0.791. The van der Waals surface area contributed by atoms with Crippen LogP contribution in [0, 0.1) is 0 Å². The summed E-state index contributed by atoms with van der Waals surface area (Å²) in [5.74, 6) is -0.191. The van der Waals surface area contributed by atoms with E-state index in [1.54, 1.807) is 0 Å². The molecular weight excluding hydrogens is 285 g/mol. The molecule has 116 valence electrons. The van der Waals surface area contributed by atoms with E-state index >= 15 is 0 Å². The molecule has 1 aliphatic heterocycles. The molecule has 7 heteroatoms. The third-order valence-electron chi connectivity index (χ3n) is 3.22. The maximum atomic E-state index is 12.0. The Hall–Kier alpha value is -1.76. The number of nitrogens with one attached hydrogen (secondary N) is 1. The van der Waals surface area contributed by atoms with Crippen LogP contribution < -0.4 is 10.1 Å². The predicted octanol–water partition coefficient (Wildman–Crippen LogP) is 2.30. The van der Waals surface area contributed by atoms with Crippen molar-refractivity contribution in [3.63, 3.8) is 0 Å². The molecule has 4 nitrogen and oxygen atoms in total. The standard InChI is InChI=1S/C14H17F3N2O2/c15-14(16,17)21-12-5-3-11(4-6-12)9-18-10-13(20)19-7-1-2-8-19/h3-6,18H,1-2,7-10H2. The van der Waals surface area contributed by atoms with Crippen LogP contribution in [-0.4, -0.2) is 36.8 Å². The van der Waals surface area contributed by atoms with Gasteiger partial charge in [-0.3, -0.25) is 4.79 Å². The van der Waals surface area contributed by atoms with Gasteiger partial charge in [-0.25, -0.2) is 0 Å². The van der Waals surface area contributed by atoms with E-state index < -0.39 is 6.36 Å². The van der Waals surface area contributed by atoms with Gasteiger partial charge in [0, 0.05) is 19.6 Å². The topological polar surface area (TPSA) is 41.6 Å². The molecule has 0 unspecified atom stereocenters. The third-order valence-corrected chi connectivity index (χ3v) is 3.22. The summed E-state index contributed by atoms with van der Waals surface area (Å²) >= 11 is 0. The summed E-state index contributed by atoms with van der Waals surface area (Å²) in [4.78, 5) is 13.6. The third kappa shape index (κ3) is 5.26. The highest BCUT2D eigenvalue weighted by atomic mass is 19.4. The molecule has 0 aromatic heterocycles. The number of hydrogen-bond acceptors (Lipinski definition) is 3. The smallest absolute Gasteiger partial charge is 0.406 e. The Morgan fingerprint density at radius 3 is 2.38 bits per heavy atom. The molecule has 2 rings (SSSR count). The van der Waals surface area contributed by atoms with E-state index in [2.05, 4.69) is 10.1 Å². The monoisotopic (exact) mass is 302 g/mol. The Bertz CT molecular complexity index is 468. The quantitative estimate of drug-likeness (QED) is 0.907. The van der Waals surface area contributed by atoms with E-state index in [0.29, 0.717) is 6.54 Å². The summed E-state index contributed by atoms with van der Waals surface area (Å²) in [7, 11) is 0. The summed E-state index contributed by atoms with van der Waals surface area (Å²) in [6.07, 6.45) is -2.58. The predicted molar refractivity (Wildman–Crippen MR) is 70.6 cm³/mol. The van der Waals surface area contributed by atoms with Gasteiger partial charge >= 0.3 is 6.36 Å². The van der Waals surface area contributed by atoms with Crippen LogP contribution in [0.5, 0.6) is 5.75 Å². The molecule has 0 radical (unpaired) electrons. The zero-order chi connectivity index (χ0) is 15.3. The zero-order valence-electron chi connectivity index (χ0n) is 11.4. The first kappa shape index (κ1) is 15.6. The minimum absolute atomic E-state index is 0.0597. The lowest BCUT2D eigenvalue weighted by Crippen LogP contribution is -2.35. The van der Waals surface area contributed by atoms with Crippen molar-refractivity contribution >= 4 is 5.91 Å². The van der Waals surface area contributed by atoms with Gasteiger partial charge in [-0.15, -0.1) is 13.2 Å². The van der Waals surface area contributed by atoms with E-state index in [1.807, 2.05) is 4.90 Å². The molecule has 1 aromatic carbocycles. The van der Waals surface area contributed by atoms with Crippen LogP contribution in [0.4, 0.5) is 13.2 Å². The SMILES string of the molecule is O=C(CNCc1ccc(OC(F)(F)F)cc1)N1CCCC1. The molecule has 1 N–H and O–H groups in total. The largest absolute Gasteiger partial charge is 0.573 e. The number of nitrogens with zero attached hydrogens (tertiary/aromatic N) is 1. The highest BCUT2D eigenvalue weighted by Crippen LogP contribution is 2.22.